The first kappa shape index (κ1) is 13.4. The zero-order valence-electron chi connectivity index (χ0n) is 12.8. The van der Waals surface area contributed by atoms with Crippen LogP contribution in [-0.2, 0) is 7.05 Å². The van der Waals surface area contributed by atoms with Gasteiger partial charge in [-0.15, -0.1) is 0 Å². The maximum atomic E-state index is 4.79. The molecule has 20 heavy (non-hydrogen) atoms. The lowest BCUT2D eigenvalue weighted by atomic mass is 9.94. The third-order valence-corrected chi connectivity index (χ3v) is 4.40. The van der Waals surface area contributed by atoms with E-state index in [1.807, 2.05) is 11.7 Å². The van der Waals surface area contributed by atoms with Crippen molar-refractivity contribution in [2.75, 3.05) is 6.54 Å². The van der Waals surface area contributed by atoms with E-state index >= 15 is 0 Å². The Labute approximate surface area is 121 Å². The van der Waals surface area contributed by atoms with E-state index in [1.54, 1.807) is 0 Å². The molecular formula is C17H23N3. The molecule has 0 bridgehead atoms. The SMILES string of the molecule is Cc1ccc(-c2c(C3CCCN3)nn(C)c2C)c(C)c1. The normalized spacial score (nSPS) is 18.7. The molecule has 1 aromatic heterocycles. The summed E-state index contributed by atoms with van der Waals surface area (Å²) in [5.41, 5.74) is 7.76. The van der Waals surface area contributed by atoms with Crippen LogP contribution in [0.2, 0.25) is 0 Å². The van der Waals surface area contributed by atoms with Crippen molar-refractivity contribution in [2.24, 2.45) is 7.05 Å². The van der Waals surface area contributed by atoms with Crippen molar-refractivity contribution in [1.82, 2.24) is 15.1 Å². The van der Waals surface area contributed by atoms with Crippen LogP contribution in [-0.4, -0.2) is 16.3 Å². The Morgan fingerprint density at radius 3 is 2.70 bits per heavy atom. The molecule has 0 radical (unpaired) electrons. The Hall–Kier alpha value is -1.61. The van der Waals surface area contributed by atoms with Crippen LogP contribution < -0.4 is 5.32 Å². The first-order valence-electron chi connectivity index (χ1n) is 7.42. The molecule has 2 aromatic rings. The Morgan fingerprint density at radius 2 is 2.05 bits per heavy atom. The molecule has 2 heterocycles. The molecule has 1 fully saturated rings. The summed E-state index contributed by atoms with van der Waals surface area (Å²) in [5, 5.41) is 8.36. The topological polar surface area (TPSA) is 29.9 Å². The van der Waals surface area contributed by atoms with Crippen molar-refractivity contribution in [3.05, 3.63) is 40.7 Å². The van der Waals surface area contributed by atoms with Crippen molar-refractivity contribution >= 4 is 0 Å². The highest BCUT2D eigenvalue weighted by Crippen LogP contribution is 2.35. The van der Waals surface area contributed by atoms with Gasteiger partial charge in [-0.2, -0.15) is 5.10 Å². The molecule has 3 heteroatoms. The fraction of sp³-hybridized carbons (Fsp3) is 0.471. The summed E-state index contributed by atoms with van der Waals surface area (Å²) in [7, 11) is 2.04. The number of rotatable bonds is 2. The third-order valence-electron chi connectivity index (χ3n) is 4.40. The van der Waals surface area contributed by atoms with E-state index in [-0.39, 0.29) is 0 Å². The predicted octanol–water partition coefficient (Wildman–Crippen LogP) is 3.44. The lowest BCUT2D eigenvalue weighted by Crippen LogP contribution is -2.14. The molecule has 1 aliphatic rings. The van der Waals surface area contributed by atoms with Crippen LogP contribution in [0.1, 0.15) is 41.4 Å². The third kappa shape index (κ3) is 2.16. The van der Waals surface area contributed by atoms with E-state index in [2.05, 4.69) is 44.3 Å². The van der Waals surface area contributed by atoms with E-state index < -0.39 is 0 Å². The van der Waals surface area contributed by atoms with Gasteiger partial charge in [0, 0.05) is 18.3 Å². The average molecular weight is 269 g/mol. The van der Waals surface area contributed by atoms with E-state index in [0.717, 1.165) is 6.54 Å². The number of hydrogen-bond donors (Lipinski definition) is 1. The second-order valence-electron chi connectivity index (χ2n) is 5.94. The van der Waals surface area contributed by atoms with Gasteiger partial charge in [0.2, 0.25) is 0 Å². The minimum absolute atomic E-state index is 0.408. The maximum absolute atomic E-state index is 4.79. The second kappa shape index (κ2) is 5.06. The monoisotopic (exact) mass is 269 g/mol. The van der Waals surface area contributed by atoms with Crippen LogP contribution in [0.3, 0.4) is 0 Å². The van der Waals surface area contributed by atoms with Gasteiger partial charge in [0.25, 0.3) is 0 Å². The molecule has 0 saturated carbocycles. The largest absolute Gasteiger partial charge is 0.309 e. The van der Waals surface area contributed by atoms with Crippen LogP contribution >= 0.6 is 0 Å². The van der Waals surface area contributed by atoms with Crippen LogP contribution in [0.5, 0.6) is 0 Å². The van der Waals surface area contributed by atoms with Crippen LogP contribution in [0.15, 0.2) is 18.2 Å². The molecule has 1 aliphatic heterocycles. The van der Waals surface area contributed by atoms with E-state index in [4.69, 9.17) is 5.10 Å². The summed E-state index contributed by atoms with van der Waals surface area (Å²) in [6.45, 7) is 7.61. The Balaban J connectivity index is 2.16. The van der Waals surface area contributed by atoms with E-state index in [9.17, 15) is 0 Å². The molecule has 3 rings (SSSR count). The minimum Gasteiger partial charge on any atom is -0.309 e. The first-order valence-corrected chi connectivity index (χ1v) is 7.42. The maximum Gasteiger partial charge on any atom is 0.0875 e. The number of aromatic nitrogens is 2. The zero-order valence-corrected chi connectivity index (χ0v) is 12.8. The second-order valence-corrected chi connectivity index (χ2v) is 5.94. The van der Waals surface area contributed by atoms with Crippen LogP contribution in [0.25, 0.3) is 11.1 Å². The van der Waals surface area contributed by atoms with Gasteiger partial charge in [-0.1, -0.05) is 23.8 Å². The van der Waals surface area contributed by atoms with E-state index in [1.165, 1.54) is 46.5 Å². The molecule has 0 aliphatic carbocycles. The van der Waals surface area contributed by atoms with Gasteiger partial charge in [-0.3, -0.25) is 4.68 Å². The number of aryl methyl sites for hydroxylation is 3. The van der Waals surface area contributed by atoms with Crippen molar-refractivity contribution in [1.29, 1.82) is 0 Å². The summed E-state index contributed by atoms with van der Waals surface area (Å²) >= 11 is 0. The lowest BCUT2D eigenvalue weighted by molar-refractivity contribution is 0.605. The summed E-state index contributed by atoms with van der Waals surface area (Å²) < 4.78 is 2.02. The Kier molecular flexibility index (Phi) is 3.38. The standard InChI is InChI=1S/C17H23N3/c1-11-7-8-14(12(2)10-11)16-13(3)20(4)19-17(16)15-6-5-9-18-15/h7-8,10,15,18H,5-6,9H2,1-4H3. The van der Waals surface area contributed by atoms with Crippen molar-refractivity contribution in [3.8, 4) is 11.1 Å². The van der Waals surface area contributed by atoms with E-state index in [0.29, 0.717) is 6.04 Å². The van der Waals surface area contributed by atoms with Gasteiger partial charge in [0.1, 0.15) is 0 Å². The summed E-state index contributed by atoms with van der Waals surface area (Å²) in [6, 6.07) is 7.10. The van der Waals surface area contributed by atoms with Gasteiger partial charge < -0.3 is 5.32 Å². The molecule has 1 N–H and O–H groups in total. The number of hydrogen-bond acceptors (Lipinski definition) is 2. The fourth-order valence-corrected chi connectivity index (χ4v) is 3.22. The smallest absolute Gasteiger partial charge is 0.0875 e. The van der Waals surface area contributed by atoms with Crippen molar-refractivity contribution in [2.45, 2.75) is 39.7 Å². The van der Waals surface area contributed by atoms with Crippen molar-refractivity contribution in [3.63, 3.8) is 0 Å². The Morgan fingerprint density at radius 1 is 1.25 bits per heavy atom. The summed E-state index contributed by atoms with van der Waals surface area (Å²) in [5.74, 6) is 0. The van der Waals surface area contributed by atoms with Gasteiger partial charge in [0.15, 0.2) is 0 Å². The fourth-order valence-electron chi connectivity index (χ4n) is 3.22. The first-order chi connectivity index (χ1) is 9.58. The predicted molar refractivity (Wildman–Crippen MR) is 82.8 cm³/mol. The van der Waals surface area contributed by atoms with Crippen LogP contribution in [0.4, 0.5) is 0 Å². The molecule has 0 spiro atoms. The summed E-state index contributed by atoms with van der Waals surface area (Å²) in [6.07, 6.45) is 2.43. The quantitative estimate of drug-likeness (QED) is 0.905. The molecule has 0 amide bonds. The highest BCUT2D eigenvalue weighted by Gasteiger charge is 2.25. The average Bonchev–Trinajstić information content (AvgIpc) is 3.01. The van der Waals surface area contributed by atoms with Gasteiger partial charge in [-0.05, 0) is 51.3 Å². The number of nitrogens with zero attached hydrogens (tertiary/aromatic N) is 2. The van der Waals surface area contributed by atoms with Crippen molar-refractivity contribution < 1.29 is 0 Å². The molecule has 1 unspecified atom stereocenters. The van der Waals surface area contributed by atoms with Gasteiger partial charge >= 0.3 is 0 Å². The molecule has 1 atom stereocenters. The highest BCUT2D eigenvalue weighted by molar-refractivity contribution is 5.72. The number of benzene rings is 1. The summed E-state index contributed by atoms with van der Waals surface area (Å²) in [4.78, 5) is 0. The molecule has 3 nitrogen and oxygen atoms in total. The van der Waals surface area contributed by atoms with Gasteiger partial charge in [0.05, 0.1) is 11.7 Å². The zero-order chi connectivity index (χ0) is 14.3. The molecule has 106 valence electrons. The highest BCUT2D eigenvalue weighted by atomic mass is 15.3. The molecule has 1 aromatic carbocycles. The number of nitrogens with one attached hydrogen (secondary N) is 1. The minimum atomic E-state index is 0.408. The molecular weight excluding hydrogens is 246 g/mol. The molecule has 1 saturated heterocycles. The lowest BCUT2D eigenvalue weighted by Gasteiger charge is -2.13. The van der Waals surface area contributed by atoms with Gasteiger partial charge in [-0.25, -0.2) is 0 Å². The van der Waals surface area contributed by atoms with Crippen LogP contribution in [0, 0.1) is 20.8 Å². The Bertz CT molecular complexity index is 634.